The summed E-state index contributed by atoms with van der Waals surface area (Å²) >= 11 is 0. The zero-order valence-electron chi connectivity index (χ0n) is 12.8. The lowest BCUT2D eigenvalue weighted by molar-refractivity contribution is -0.114. The van der Waals surface area contributed by atoms with Crippen LogP contribution >= 0.6 is 0 Å². The molecule has 2 aliphatic heterocycles. The minimum absolute atomic E-state index is 0.277. The van der Waals surface area contributed by atoms with E-state index in [9.17, 15) is 4.79 Å². The molecule has 3 heteroatoms. The van der Waals surface area contributed by atoms with E-state index >= 15 is 0 Å². The molecule has 0 aromatic carbocycles. The molecule has 3 rings (SSSR count). The van der Waals surface area contributed by atoms with Crippen LogP contribution in [-0.4, -0.2) is 54.3 Å². The predicted octanol–water partition coefficient (Wildman–Crippen LogP) is 2.69. The van der Waals surface area contributed by atoms with Crippen molar-refractivity contribution in [2.24, 2.45) is 5.92 Å². The highest BCUT2D eigenvalue weighted by Gasteiger charge is 2.39. The Labute approximate surface area is 123 Å². The van der Waals surface area contributed by atoms with Crippen molar-refractivity contribution in [2.45, 2.75) is 69.9 Å². The van der Waals surface area contributed by atoms with Crippen LogP contribution in [0, 0.1) is 5.92 Å². The fourth-order valence-corrected chi connectivity index (χ4v) is 4.71. The number of rotatable bonds is 3. The lowest BCUT2D eigenvalue weighted by Gasteiger charge is -2.43. The summed E-state index contributed by atoms with van der Waals surface area (Å²) in [5, 5.41) is 0. The second kappa shape index (κ2) is 7.04. The Bertz CT molecular complexity index is 308. The number of hydrogen-bond acceptors (Lipinski definition) is 3. The Morgan fingerprint density at radius 2 is 1.30 bits per heavy atom. The number of carbonyl (C=O) groups is 1. The van der Waals surface area contributed by atoms with Crippen LogP contribution in [0.5, 0.6) is 0 Å². The molecule has 0 spiro atoms. The Balaban J connectivity index is 1.81. The Kier molecular flexibility index (Phi) is 5.11. The van der Waals surface area contributed by atoms with Crippen molar-refractivity contribution in [1.29, 1.82) is 0 Å². The van der Waals surface area contributed by atoms with Gasteiger partial charge in [-0.3, -0.25) is 9.80 Å². The lowest BCUT2D eigenvalue weighted by atomic mass is 9.82. The Hall–Kier alpha value is -0.410. The summed E-state index contributed by atoms with van der Waals surface area (Å²) in [7, 11) is 0. The highest BCUT2D eigenvalue weighted by Crippen LogP contribution is 2.32. The van der Waals surface area contributed by atoms with Gasteiger partial charge < -0.3 is 4.79 Å². The smallest absolute Gasteiger partial charge is 0.124 e. The molecule has 3 aliphatic rings. The first-order valence-electron chi connectivity index (χ1n) is 8.83. The van der Waals surface area contributed by atoms with E-state index in [0.29, 0.717) is 12.1 Å². The standard InChI is InChI=1S/C17H30N2O/c20-14-15-8-2-1-3-9-16(18-10-4-5-11-18)17(15)19-12-6-7-13-19/h14-17H,1-13H2. The van der Waals surface area contributed by atoms with Crippen LogP contribution < -0.4 is 0 Å². The van der Waals surface area contributed by atoms with Crippen molar-refractivity contribution in [3.63, 3.8) is 0 Å². The van der Waals surface area contributed by atoms with E-state index in [-0.39, 0.29) is 5.92 Å². The van der Waals surface area contributed by atoms with Gasteiger partial charge in [0, 0.05) is 18.0 Å². The van der Waals surface area contributed by atoms with Gasteiger partial charge in [-0.25, -0.2) is 0 Å². The molecule has 0 aromatic heterocycles. The van der Waals surface area contributed by atoms with Crippen LogP contribution in [0.1, 0.15) is 57.8 Å². The Morgan fingerprint density at radius 3 is 1.95 bits per heavy atom. The van der Waals surface area contributed by atoms with Crippen LogP contribution in [0.2, 0.25) is 0 Å². The van der Waals surface area contributed by atoms with Crippen molar-refractivity contribution < 1.29 is 4.79 Å². The van der Waals surface area contributed by atoms with Crippen LogP contribution in [0.3, 0.4) is 0 Å². The van der Waals surface area contributed by atoms with Crippen molar-refractivity contribution in [3.05, 3.63) is 0 Å². The van der Waals surface area contributed by atoms with Crippen LogP contribution in [-0.2, 0) is 4.79 Å². The molecule has 3 nitrogen and oxygen atoms in total. The number of carbonyl (C=O) groups excluding carboxylic acids is 1. The second-order valence-corrected chi connectivity index (χ2v) is 6.98. The summed E-state index contributed by atoms with van der Waals surface area (Å²) in [4.78, 5) is 17.1. The van der Waals surface area contributed by atoms with Crippen LogP contribution in [0.25, 0.3) is 0 Å². The fourth-order valence-electron chi connectivity index (χ4n) is 4.71. The molecule has 0 radical (unpaired) electrons. The average molecular weight is 278 g/mol. The third kappa shape index (κ3) is 3.09. The second-order valence-electron chi connectivity index (χ2n) is 6.98. The van der Waals surface area contributed by atoms with Crippen molar-refractivity contribution in [1.82, 2.24) is 9.80 Å². The first kappa shape index (κ1) is 14.5. The molecular weight excluding hydrogens is 248 g/mol. The van der Waals surface area contributed by atoms with Gasteiger partial charge in [0.2, 0.25) is 0 Å². The zero-order valence-corrected chi connectivity index (χ0v) is 12.8. The van der Waals surface area contributed by atoms with Gasteiger partial charge in [-0.1, -0.05) is 19.3 Å². The first-order valence-corrected chi connectivity index (χ1v) is 8.83. The number of likely N-dealkylation sites (tertiary alicyclic amines) is 2. The molecule has 3 unspecified atom stereocenters. The molecule has 0 amide bonds. The zero-order chi connectivity index (χ0) is 13.8. The van der Waals surface area contributed by atoms with E-state index in [2.05, 4.69) is 9.80 Å². The summed E-state index contributed by atoms with van der Waals surface area (Å²) in [6, 6.07) is 1.15. The lowest BCUT2D eigenvalue weighted by Crippen LogP contribution is -2.54. The summed E-state index contributed by atoms with van der Waals surface area (Å²) in [6.07, 6.45) is 13.0. The highest BCUT2D eigenvalue weighted by atomic mass is 16.1. The molecule has 0 aromatic rings. The summed E-state index contributed by atoms with van der Waals surface area (Å²) in [5.74, 6) is 0.277. The minimum atomic E-state index is 0.277. The summed E-state index contributed by atoms with van der Waals surface area (Å²) in [6.45, 7) is 4.97. The molecule has 20 heavy (non-hydrogen) atoms. The number of hydrogen-bond donors (Lipinski definition) is 0. The monoisotopic (exact) mass is 278 g/mol. The van der Waals surface area contributed by atoms with Gasteiger partial charge in [0.15, 0.2) is 0 Å². The topological polar surface area (TPSA) is 23.6 Å². The summed E-state index contributed by atoms with van der Waals surface area (Å²) in [5.41, 5.74) is 0. The molecule has 2 saturated heterocycles. The van der Waals surface area contributed by atoms with Gasteiger partial charge in [0.05, 0.1) is 0 Å². The van der Waals surface area contributed by atoms with Gasteiger partial charge >= 0.3 is 0 Å². The maximum atomic E-state index is 11.7. The van der Waals surface area contributed by atoms with Crippen molar-refractivity contribution in [2.75, 3.05) is 26.2 Å². The molecule has 3 fully saturated rings. The summed E-state index contributed by atoms with van der Waals surface area (Å²) < 4.78 is 0. The number of aldehydes is 1. The first-order chi connectivity index (χ1) is 9.90. The molecule has 2 heterocycles. The average Bonchev–Trinajstić information content (AvgIpc) is 3.11. The minimum Gasteiger partial charge on any atom is -0.303 e. The normalized spacial score (nSPS) is 37.7. The maximum absolute atomic E-state index is 11.7. The fraction of sp³-hybridized carbons (Fsp3) is 0.941. The third-order valence-corrected chi connectivity index (χ3v) is 5.72. The SMILES string of the molecule is O=CC1CCCCCC(N2CCCC2)C1N1CCCC1. The highest BCUT2D eigenvalue weighted by molar-refractivity contribution is 5.55. The van der Waals surface area contributed by atoms with E-state index in [1.807, 2.05) is 0 Å². The molecule has 0 N–H and O–H groups in total. The van der Waals surface area contributed by atoms with Gasteiger partial charge in [-0.05, 0) is 64.7 Å². The van der Waals surface area contributed by atoms with E-state index in [1.54, 1.807) is 0 Å². The van der Waals surface area contributed by atoms with Crippen LogP contribution in [0.4, 0.5) is 0 Å². The van der Waals surface area contributed by atoms with Crippen LogP contribution in [0.15, 0.2) is 0 Å². The van der Waals surface area contributed by atoms with E-state index in [1.165, 1.54) is 83.8 Å². The largest absolute Gasteiger partial charge is 0.303 e. The van der Waals surface area contributed by atoms with E-state index in [4.69, 9.17) is 0 Å². The Morgan fingerprint density at radius 1 is 0.700 bits per heavy atom. The van der Waals surface area contributed by atoms with E-state index < -0.39 is 0 Å². The molecule has 3 atom stereocenters. The third-order valence-electron chi connectivity index (χ3n) is 5.72. The molecule has 1 aliphatic carbocycles. The maximum Gasteiger partial charge on any atom is 0.124 e. The van der Waals surface area contributed by atoms with Gasteiger partial charge in [-0.2, -0.15) is 0 Å². The van der Waals surface area contributed by atoms with Gasteiger partial charge in [0.1, 0.15) is 6.29 Å². The van der Waals surface area contributed by atoms with Crippen molar-refractivity contribution >= 4 is 6.29 Å². The van der Waals surface area contributed by atoms with Gasteiger partial charge in [-0.15, -0.1) is 0 Å². The number of nitrogens with zero attached hydrogens (tertiary/aromatic N) is 2. The quantitative estimate of drug-likeness (QED) is 0.742. The predicted molar refractivity (Wildman–Crippen MR) is 81.8 cm³/mol. The van der Waals surface area contributed by atoms with Crippen molar-refractivity contribution in [3.8, 4) is 0 Å². The molecule has 114 valence electrons. The molecule has 1 saturated carbocycles. The molecule has 0 bridgehead atoms. The van der Waals surface area contributed by atoms with Gasteiger partial charge in [0.25, 0.3) is 0 Å². The van der Waals surface area contributed by atoms with E-state index in [0.717, 1.165) is 6.42 Å². The molecular formula is C17H30N2O.